The number of hydrogen-bond acceptors (Lipinski definition) is 1. The Morgan fingerprint density at radius 2 is 0.891 bits per heavy atom. The van der Waals surface area contributed by atoms with E-state index < -0.39 is 5.54 Å². The first-order valence-electron chi connectivity index (χ1n) is 19.0. The van der Waals surface area contributed by atoms with E-state index >= 15 is 0 Å². The van der Waals surface area contributed by atoms with Crippen molar-refractivity contribution >= 4 is 49.6 Å². The number of para-hydroxylation sites is 2. The topological polar surface area (TPSA) is 8.17 Å². The van der Waals surface area contributed by atoms with E-state index in [9.17, 15) is 0 Å². The van der Waals surface area contributed by atoms with Crippen molar-refractivity contribution in [2.24, 2.45) is 0 Å². The summed E-state index contributed by atoms with van der Waals surface area (Å²) in [6, 6.07) is 80.0. The summed E-state index contributed by atoms with van der Waals surface area (Å²) >= 11 is 0. The van der Waals surface area contributed by atoms with Crippen LogP contribution in [0.1, 0.15) is 16.7 Å². The van der Waals surface area contributed by atoms with E-state index in [1.54, 1.807) is 0 Å². The van der Waals surface area contributed by atoms with Gasteiger partial charge in [0.05, 0.1) is 16.7 Å². The molecule has 1 aliphatic rings. The third kappa shape index (κ3) is 4.62. The minimum Gasteiger partial charge on any atom is -0.322 e. The summed E-state index contributed by atoms with van der Waals surface area (Å²) < 4.78 is 2.63. The summed E-state index contributed by atoms with van der Waals surface area (Å²) in [5.41, 5.74) is 13.9. The summed E-state index contributed by atoms with van der Waals surface area (Å²) in [4.78, 5) is 2.43. The molecule has 0 bridgehead atoms. The first-order chi connectivity index (χ1) is 27.3. The van der Waals surface area contributed by atoms with Crippen LogP contribution in [0.5, 0.6) is 0 Å². The highest BCUT2D eigenvalue weighted by Gasteiger charge is 2.47. The van der Waals surface area contributed by atoms with Gasteiger partial charge in [-0.25, -0.2) is 0 Å². The van der Waals surface area contributed by atoms with Crippen LogP contribution in [0.3, 0.4) is 0 Å². The van der Waals surface area contributed by atoms with Crippen molar-refractivity contribution in [2.75, 3.05) is 4.90 Å². The SMILES string of the molecule is c1ccc(N(c2ccc(-c3cccc4ccccc34)cc2)c2cccc3c2c2ccccc2n3C2(c3ccccc3)c3ccccc3-c3ccccc32)cc1. The number of benzene rings is 9. The smallest absolute Gasteiger partial charge is 0.122 e. The first kappa shape index (κ1) is 31.4. The molecule has 0 N–H and O–H groups in total. The second-order valence-electron chi connectivity index (χ2n) is 14.4. The highest BCUT2D eigenvalue weighted by Crippen LogP contribution is 2.56. The van der Waals surface area contributed by atoms with Gasteiger partial charge in [0, 0.05) is 22.1 Å². The van der Waals surface area contributed by atoms with Crippen LogP contribution in [0.25, 0.3) is 54.8 Å². The molecular weight excluding hydrogens is 665 g/mol. The van der Waals surface area contributed by atoms with Crippen LogP contribution >= 0.6 is 0 Å². The molecule has 0 saturated heterocycles. The average Bonchev–Trinajstić information content (AvgIpc) is 3.76. The van der Waals surface area contributed by atoms with Gasteiger partial charge in [0.15, 0.2) is 0 Å². The maximum Gasteiger partial charge on any atom is 0.122 e. The minimum absolute atomic E-state index is 0.605. The van der Waals surface area contributed by atoms with Gasteiger partial charge in [-0.3, -0.25) is 0 Å². The van der Waals surface area contributed by atoms with Gasteiger partial charge < -0.3 is 9.47 Å². The summed E-state index contributed by atoms with van der Waals surface area (Å²) in [6.45, 7) is 0. The molecule has 2 nitrogen and oxygen atoms in total. The maximum absolute atomic E-state index is 2.63. The van der Waals surface area contributed by atoms with Gasteiger partial charge in [-0.05, 0) is 92.2 Å². The summed E-state index contributed by atoms with van der Waals surface area (Å²) in [5, 5.41) is 4.95. The average molecular weight is 701 g/mol. The number of aromatic nitrogens is 1. The van der Waals surface area contributed by atoms with Crippen molar-refractivity contribution in [1.29, 1.82) is 0 Å². The van der Waals surface area contributed by atoms with Gasteiger partial charge in [0.25, 0.3) is 0 Å². The summed E-state index contributed by atoms with van der Waals surface area (Å²) in [5.74, 6) is 0. The molecule has 1 heterocycles. The van der Waals surface area contributed by atoms with E-state index in [1.165, 1.54) is 71.5 Å². The molecule has 0 unspecified atom stereocenters. The van der Waals surface area contributed by atoms with Crippen molar-refractivity contribution in [1.82, 2.24) is 4.57 Å². The third-order valence-corrected chi connectivity index (χ3v) is 11.6. The van der Waals surface area contributed by atoms with Crippen molar-refractivity contribution in [3.63, 3.8) is 0 Å². The Morgan fingerprint density at radius 3 is 1.64 bits per heavy atom. The molecule has 0 saturated carbocycles. The lowest BCUT2D eigenvalue weighted by atomic mass is 9.80. The van der Waals surface area contributed by atoms with Crippen molar-refractivity contribution in [3.05, 3.63) is 235 Å². The summed E-state index contributed by atoms with van der Waals surface area (Å²) in [7, 11) is 0. The molecule has 1 aliphatic carbocycles. The molecular formula is C53H36N2. The molecule has 0 amide bonds. The van der Waals surface area contributed by atoms with Crippen LogP contribution in [0, 0.1) is 0 Å². The highest BCUT2D eigenvalue weighted by atomic mass is 15.2. The molecule has 11 rings (SSSR count). The predicted octanol–water partition coefficient (Wildman–Crippen LogP) is 13.9. The van der Waals surface area contributed by atoms with Crippen LogP contribution in [-0.4, -0.2) is 4.57 Å². The normalized spacial score (nSPS) is 12.9. The van der Waals surface area contributed by atoms with Crippen LogP contribution in [-0.2, 0) is 5.54 Å². The van der Waals surface area contributed by atoms with E-state index in [1.807, 2.05) is 0 Å². The molecule has 0 atom stereocenters. The first-order valence-corrected chi connectivity index (χ1v) is 19.0. The predicted molar refractivity (Wildman–Crippen MR) is 231 cm³/mol. The fourth-order valence-electron chi connectivity index (χ4n) is 9.39. The van der Waals surface area contributed by atoms with Crippen LogP contribution < -0.4 is 4.90 Å². The zero-order chi connectivity index (χ0) is 36.3. The molecule has 0 spiro atoms. The molecule has 0 radical (unpaired) electrons. The Morgan fingerprint density at radius 1 is 0.364 bits per heavy atom. The van der Waals surface area contributed by atoms with Gasteiger partial charge in [-0.2, -0.15) is 0 Å². The second-order valence-corrected chi connectivity index (χ2v) is 14.4. The van der Waals surface area contributed by atoms with E-state index in [0.29, 0.717) is 0 Å². The van der Waals surface area contributed by atoms with Gasteiger partial charge in [-0.15, -0.1) is 0 Å². The van der Waals surface area contributed by atoms with Gasteiger partial charge in [0.1, 0.15) is 5.54 Å². The molecule has 10 aromatic rings. The number of anilines is 3. The molecule has 55 heavy (non-hydrogen) atoms. The monoisotopic (exact) mass is 700 g/mol. The number of rotatable bonds is 6. The Labute approximate surface area is 320 Å². The van der Waals surface area contributed by atoms with Gasteiger partial charge >= 0.3 is 0 Å². The molecule has 9 aromatic carbocycles. The zero-order valence-corrected chi connectivity index (χ0v) is 30.2. The molecule has 2 heteroatoms. The maximum atomic E-state index is 2.63. The Bertz CT molecular complexity index is 2980. The number of fused-ring (bicyclic) bond motifs is 7. The lowest BCUT2D eigenvalue weighted by Crippen LogP contribution is -2.35. The van der Waals surface area contributed by atoms with E-state index in [2.05, 4.69) is 228 Å². The molecule has 1 aromatic heterocycles. The molecule has 258 valence electrons. The summed E-state index contributed by atoms with van der Waals surface area (Å²) in [6.07, 6.45) is 0. The van der Waals surface area contributed by atoms with Gasteiger partial charge in [0.2, 0.25) is 0 Å². The van der Waals surface area contributed by atoms with Gasteiger partial charge in [-0.1, -0.05) is 176 Å². The number of hydrogen-bond donors (Lipinski definition) is 0. The Kier molecular flexibility index (Phi) is 7.11. The third-order valence-electron chi connectivity index (χ3n) is 11.6. The standard InChI is InChI=1S/C53H36N2/c1-3-19-39(20-4-1)53(47-28-12-9-24-44(47)45-25-10-13-29-48(45)53)55-49-30-14-11-26-46(49)52-50(31-16-32-51(52)55)54(40-21-5-2-6-22-40)41-35-33-38(34-36-41)43-27-15-18-37-17-7-8-23-42(37)43/h1-36H. The van der Waals surface area contributed by atoms with Crippen LogP contribution in [0.4, 0.5) is 17.1 Å². The minimum atomic E-state index is -0.605. The Hall–Kier alpha value is -7.16. The zero-order valence-electron chi connectivity index (χ0n) is 30.2. The fourth-order valence-corrected chi connectivity index (χ4v) is 9.39. The van der Waals surface area contributed by atoms with Crippen molar-refractivity contribution in [3.8, 4) is 22.3 Å². The molecule has 0 aliphatic heterocycles. The van der Waals surface area contributed by atoms with Crippen LogP contribution in [0.15, 0.2) is 218 Å². The van der Waals surface area contributed by atoms with E-state index in [-0.39, 0.29) is 0 Å². The molecule has 0 fully saturated rings. The largest absolute Gasteiger partial charge is 0.322 e. The lowest BCUT2D eigenvalue weighted by molar-refractivity contribution is 0.564. The fraction of sp³-hybridized carbons (Fsp3) is 0.0189. The van der Waals surface area contributed by atoms with E-state index in [4.69, 9.17) is 0 Å². The number of nitrogens with zero attached hydrogens (tertiary/aromatic N) is 2. The van der Waals surface area contributed by atoms with Crippen LogP contribution in [0.2, 0.25) is 0 Å². The quantitative estimate of drug-likeness (QED) is 0.168. The lowest BCUT2D eigenvalue weighted by Gasteiger charge is -2.36. The second kappa shape index (κ2) is 12.5. The van der Waals surface area contributed by atoms with Crippen molar-refractivity contribution in [2.45, 2.75) is 5.54 Å². The Balaban J connectivity index is 1.20. The van der Waals surface area contributed by atoms with E-state index in [0.717, 1.165) is 17.1 Å². The highest BCUT2D eigenvalue weighted by molar-refractivity contribution is 6.16. The van der Waals surface area contributed by atoms with Crippen molar-refractivity contribution < 1.29 is 0 Å².